The molecule has 6 nitrogen and oxygen atoms in total. The predicted molar refractivity (Wildman–Crippen MR) is 69.7 cm³/mol. The largest absolute Gasteiger partial charge is 0.395 e. The molecule has 1 amide bonds. The highest BCUT2D eigenvalue weighted by molar-refractivity contribution is 7.16. The predicted octanol–water partition coefficient (Wildman–Crippen LogP) is 1.16. The Morgan fingerprint density at radius 3 is 2.89 bits per heavy atom. The van der Waals surface area contributed by atoms with E-state index in [0.717, 1.165) is 10.2 Å². The second-order valence-corrected chi connectivity index (χ2v) is 4.59. The lowest BCUT2D eigenvalue weighted by molar-refractivity contribution is 0.0995. The Labute approximate surface area is 106 Å². The van der Waals surface area contributed by atoms with E-state index < -0.39 is 5.91 Å². The van der Waals surface area contributed by atoms with Gasteiger partial charge in [0.05, 0.1) is 21.6 Å². The number of primary amides is 1. The molecule has 2 aromatic heterocycles. The van der Waals surface area contributed by atoms with Crippen molar-refractivity contribution in [2.45, 2.75) is 0 Å². The van der Waals surface area contributed by atoms with Crippen LogP contribution in [0.15, 0.2) is 29.9 Å². The molecule has 0 atom stereocenters. The SMILES string of the molecule is NC(=O)c1ccn(-c2ccc3scnc3c2N)n1. The van der Waals surface area contributed by atoms with Crippen LogP contribution in [-0.2, 0) is 0 Å². The Morgan fingerprint density at radius 2 is 2.17 bits per heavy atom. The number of benzene rings is 1. The van der Waals surface area contributed by atoms with Gasteiger partial charge < -0.3 is 11.5 Å². The molecule has 18 heavy (non-hydrogen) atoms. The molecule has 0 aliphatic heterocycles. The molecule has 1 aromatic carbocycles. The smallest absolute Gasteiger partial charge is 0.269 e. The van der Waals surface area contributed by atoms with Crippen LogP contribution in [0.1, 0.15) is 10.5 Å². The van der Waals surface area contributed by atoms with Gasteiger partial charge in [-0.3, -0.25) is 4.79 Å². The average Bonchev–Trinajstić information content (AvgIpc) is 2.97. The first-order valence-corrected chi connectivity index (χ1v) is 6.02. The third kappa shape index (κ3) is 1.52. The van der Waals surface area contributed by atoms with Crippen LogP contribution in [0.5, 0.6) is 0 Å². The Morgan fingerprint density at radius 1 is 1.33 bits per heavy atom. The van der Waals surface area contributed by atoms with Gasteiger partial charge in [0.25, 0.3) is 5.91 Å². The lowest BCUT2D eigenvalue weighted by atomic mass is 10.2. The molecule has 3 aromatic rings. The summed E-state index contributed by atoms with van der Waals surface area (Å²) in [7, 11) is 0. The molecule has 0 unspecified atom stereocenters. The van der Waals surface area contributed by atoms with Crippen molar-refractivity contribution in [2.24, 2.45) is 5.73 Å². The van der Waals surface area contributed by atoms with Crippen LogP contribution in [0, 0.1) is 0 Å². The van der Waals surface area contributed by atoms with Crippen molar-refractivity contribution < 1.29 is 4.79 Å². The number of aromatic nitrogens is 3. The zero-order chi connectivity index (χ0) is 12.7. The molecular formula is C11H9N5OS. The fourth-order valence-corrected chi connectivity index (χ4v) is 2.42. The summed E-state index contributed by atoms with van der Waals surface area (Å²) in [6.07, 6.45) is 1.64. The molecule has 0 saturated heterocycles. The standard InChI is InChI=1S/C11H9N5OS/c12-9-7(1-2-8-10(9)14-5-18-8)16-4-3-6(15-16)11(13)17/h1-5H,12H2,(H2,13,17). The molecule has 0 bridgehead atoms. The van der Waals surface area contributed by atoms with E-state index in [2.05, 4.69) is 10.1 Å². The Balaban J connectivity index is 2.18. The fourth-order valence-electron chi connectivity index (χ4n) is 1.73. The van der Waals surface area contributed by atoms with Gasteiger partial charge >= 0.3 is 0 Å². The third-order valence-electron chi connectivity index (χ3n) is 2.61. The highest BCUT2D eigenvalue weighted by Gasteiger charge is 2.11. The van der Waals surface area contributed by atoms with E-state index >= 15 is 0 Å². The number of nitrogen functional groups attached to an aromatic ring is 1. The summed E-state index contributed by atoms with van der Waals surface area (Å²) < 4.78 is 2.53. The first kappa shape index (κ1) is 10.7. The van der Waals surface area contributed by atoms with E-state index in [1.165, 1.54) is 16.0 Å². The Bertz CT molecular complexity index is 745. The van der Waals surface area contributed by atoms with Crippen molar-refractivity contribution in [3.63, 3.8) is 0 Å². The summed E-state index contributed by atoms with van der Waals surface area (Å²) in [5.41, 5.74) is 15.1. The average molecular weight is 259 g/mol. The maximum Gasteiger partial charge on any atom is 0.269 e. The molecule has 90 valence electrons. The molecular weight excluding hydrogens is 250 g/mol. The highest BCUT2D eigenvalue weighted by atomic mass is 32.1. The van der Waals surface area contributed by atoms with Crippen LogP contribution in [0.4, 0.5) is 5.69 Å². The zero-order valence-electron chi connectivity index (χ0n) is 9.20. The van der Waals surface area contributed by atoms with Crippen molar-refractivity contribution in [1.82, 2.24) is 14.8 Å². The number of anilines is 1. The van der Waals surface area contributed by atoms with E-state index in [-0.39, 0.29) is 5.69 Å². The first-order chi connectivity index (χ1) is 8.66. The number of amides is 1. The Hall–Kier alpha value is -2.41. The van der Waals surface area contributed by atoms with Gasteiger partial charge in [-0.25, -0.2) is 9.67 Å². The van der Waals surface area contributed by atoms with E-state index in [1.54, 1.807) is 17.8 Å². The topological polar surface area (TPSA) is 99.8 Å². The van der Waals surface area contributed by atoms with Crippen LogP contribution in [0.25, 0.3) is 15.9 Å². The quantitative estimate of drug-likeness (QED) is 0.674. The van der Waals surface area contributed by atoms with Crippen LogP contribution in [-0.4, -0.2) is 20.7 Å². The number of nitrogens with two attached hydrogens (primary N) is 2. The maximum atomic E-state index is 11.0. The van der Waals surface area contributed by atoms with Crippen LogP contribution >= 0.6 is 11.3 Å². The van der Waals surface area contributed by atoms with E-state index in [0.29, 0.717) is 11.4 Å². The molecule has 0 aliphatic rings. The second-order valence-electron chi connectivity index (χ2n) is 3.71. The van der Waals surface area contributed by atoms with Gasteiger partial charge in [0.2, 0.25) is 0 Å². The van der Waals surface area contributed by atoms with Crippen LogP contribution in [0.2, 0.25) is 0 Å². The number of hydrogen-bond acceptors (Lipinski definition) is 5. The Kier molecular flexibility index (Phi) is 2.27. The molecule has 0 aliphatic carbocycles. The molecule has 4 N–H and O–H groups in total. The number of rotatable bonds is 2. The molecule has 0 saturated carbocycles. The van der Waals surface area contributed by atoms with E-state index in [1.807, 2.05) is 12.1 Å². The second kappa shape index (κ2) is 3.81. The number of carbonyl (C=O) groups is 1. The van der Waals surface area contributed by atoms with Crippen molar-refractivity contribution in [3.05, 3.63) is 35.6 Å². The monoisotopic (exact) mass is 259 g/mol. The zero-order valence-corrected chi connectivity index (χ0v) is 10.0. The van der Waals surface area contributed by atoms with E-state index in [4.69, 9.17) is 11.5 Å². The van der Waals surface area contributed by atoms with Crippen molar-refractivity contribution in [3.8, 4) is 5.69 Å². The summed E-state index contributed by atoms with van der Waals surface area (Å²) in [6, 6.07) is 5.31. The number of hydrogen-bond donors (Lipinski definition) is 2. The summed E-state index contributed by atoms with van der Waals surface area (Å²) in [5, 5.41) is 4.07. The summed E-state index contributed by atoms with van der Waals surface area (Å²) in [4.78, 5) is 15.2. The van der Waals surface area contributed by atoms with Crippen molar-refractivity contribution in [1.29, 1.82) is 0 Å². The number of carbonyl (C=O) groups excluding carboxylic acids is 1. The highest BCUT2D eigenvalue weighted by Crippen LogP contribution is 2.28. The van der Waals surface area contributed by atoms with Crippen LogP contribution in [0.3, 0.4) is 0 Å². The van der Waals surface area contributed by atoms with E-state index in [9.17, 15) is 4.79 Å². The van der Waals surface area contributed by atoms with Crippen molar-refractivity contribution in [2.75, 3.05) is 5.73 Å². The minimum Gasteiger partial charge on any atom is -0.395 e. The molecule has 0 fully saturated rings. The molecule has 3 rings (SSSR count). The van der Waals surface area contributed by atoms with Gasteiger partial charge in [-0.15, -0.1) is 11.3 Å². The molecule has 0 spiro atoms. The molecule has 2 heterocycles. The number of nitrogens with zero attached hydrogens (tertiary/aromatic N) is 3. The van der Waals surface area contributed by atoms with Crippen LogP contribution < -0.4 is 11.5 Å². The molecule has 0 radical (unpaired) electrons. The summed E-state index contributed by atoms with van der Waals surface area (Å²) in [5.74, 6) is -0.568. The normalized spacial score (nSPS) is 10.9. The van der Waals surface area contributed by atoms with Gasteiger partial charge in [-0.1, -0.05) is 0 Å². The lowest BCUT2D eigenvalue weighted by Gasteiger charge is -2.05. The third-order valence-corrected chi connectivity index (χ3v) is 3.40. The number of thiazole rings is 1. The fraction of sp³-hybridized carbons (Fsp3) is 0. The molecule has 7 heteroatoms. The maximum absolute atomic E-state index is 11.0. The van der Waals surface area contributed by atoms with Crippen molar-refractivity contribution >= 4 is 33.1 Å². The van der Waals surface area contributed by atoms with Gasteiger partial charge in [0.15, 0.2) is 0 Å². The number of fused-ring (bicyclic) bond motifs is 1. The first-order valence-electron chi connectivity index (χ1n) is 5.14. The van der Waals surface area contributed by atoms with Gasteiger partial charge in [0.1, 0.15) is 11.2 Å². The summed E-state index contributed by atoms with van der Waals surface area (Å²) >= 11 is 1.52. The van der Waals surface area contributed by atoms with Gasteiger partial charge in [-0.2, -0.15) is 5.10 Å². The summed E-state index contributed by atoms with van der Waals surface area (Å²) in [6.45, 7) is 0. The minimum atomic E-state index is -0.568. The minimum absolute atomic E-state index is 0.202. The van der Waals surface area contributed by atoms with Gasteiger partial charge in [0, 0.05) is 6.20 Å². The van der Waals surface area contributed by atoms with Gasteiger partial charge in [-0.05, 0) is 18.2 Å². The lowest BCUT2D eigenvalue weighted by Crippen LogP contribution is -2.12.